The predicted octanol–water partition coefficient (Wildman–Crippen LogP) is 3.44. The Labute approximate surface area is 184 Å². The van der Waals surface area contributed by atoms with Crippen LogP contribution in [-0.4, -0.2) is 56.0 Å². The van der Waals surface area contributed by atoms with Crippen LogP contribution in [0, 0.1) is 19.8 Å². The first-order chi connectivity index (χ1) is 14.9. The number of carbonyl (C=O) groups is 2. The molecule has 2 aromatic rings. The highest BCUT2D eigenvalue weighted by Gasteiger charge is 2.35. The van der Waals surface area contributed by atoms with Gasteiger partial charge in [-0.3, -0.25) is 9.59 Å². The number of anilines is 3. The second-order valence-corrected chi connectivity index (χ2v) is 8.65. The first-order valence-electron chi connectivity index (χ1n) is 11.2. The zero-order valence-corrected chi connectivity index (χ0v) is 18.7. The molecule has 2 aliphatic heterocycles. The molecule has 2 saturated heterocycles. The van der Waals surface area contributed by atoms with Crippen molar-refractivity contribution < 1.29 is 9.59 Å². The molecule has 2 amide bonds. The molecule has 31 heavy (non-hydrogen) atoms. The van der Waals surface area contributed by atoms with E-state index in [0.717, 1.165) is 55.2 Å². The maximum absolute atomic E-state index is 12.9. The lowest BCUT2D eigenvalue weighted by molar-refractivity contribution is -0.122. The molecule has 4 rings (SSSR count). The van der Waals surface area contributed by atoms with Crippen molar-refractivity contribution in [3.8, 4) is 0 Å². The largest absolute Gasteiger partial charge is 0.369 e. The Hall–Kier alpha value is -2.86. The lowest BCUT2D eigenvalue weighted by Crippen LogP contribution is -2.46. The van der Waals surface area contributed by atoms with E-state index in [4.69, 9.17) is 0 Å². The number of benzene rings is 2. The van der Waals surface area contributed by atoms with Gasteiger partial charge in [0.2, 0.25) is 11.8 Å². The van der Waals surface area contributed by atoms with Crippen LogP contribution in [0.1, 0.15) is 24.5 Å². The van der Waals surface area contributed by atoms with Gasteiger partial charge in [0.25, 0.3) is 0 Å². The van der Waals surface area contributed by atoms with Gasteiger partial charge >= 0.3 is 0 Å². The van der Waals surface area contributed by atoms with E-state index in [1.165, 1.54) is 5.69 Å². The summed E-state index contributed by atoms with van der Waals surface area (Å²) in [6.07, 6.45) is 0.248. The van der Waals surface area contributed by atoms with Gasteiger partial charge in [-0.15, -0.1) is 0 Å². The van der Waals surface area contributed by atoms with Crippen molar-refractivity contribution >= 4 is 28.9 Å². The van der Waals surface area contributed by atoms with Gasteiger partial charge in [-0.25, -0.2) is 0 Å². The van der Waals surface area contributed by atoms with Crippen molar-refractivity contribution in [1.29, 1.82) is 0 Å². The number of aryl methyl sites for hydroxylation is 2. The van der Waals surface area contributed by atoms with Crippen LogP contribution >= 0.6 is 0 Å². The lowest BCUT2D eigenvalue weighted by atomic mass is 10.1. The molecule has 0 radical (unpaired) electrons. The van der Waals surface area contributed by atoms with Crippen LogP contribution in [0.25, 0.3) is 0 Å². The van der Waals surface area contributed by atoms with Crippen LogP contribution in [0.2, 0.25) is 0 Å². The van der Waals surface area contributed by atoms with E-state index in [2.05, 4.69) is 35.0 Å². The highest BCUT2D eigenvalue weighted by atomic mass is 16.2. The minimum absolute atomic E-state index is 0.00162. The topological polar surface area (TPSA) is 55.9 Å². The first kappa shape index (κ1) is 21.4. The minimum Gasteiger partial charge on any atom is -0.369 e. The van der Waals surface area contributed by atoms with Crippen LogP contribution in [0.5, 0.6) is 0 Å². The quantitative estimate of drug-likeness (QED) is 0.805. The van der Waals surface area contributed by atoms with Crippen molar-refractivity contribution in [3.05, 3.63) is 53.6 Å². The predicted molar refractivity (Wildman–Crippen MR) is 126 cm³/mol. The molecule has 6 nitrogen and oxygen atoms in total. The summed E-state index contributed by atoms with van der Waals surface area (Å²) in [6, 6.07) is 14.0. The third kappa shape index (κ3) is 4.74. The van der Waals surface area contributed by atoms with Crippen molar-refractivity contribution in [2.75, 3.05) is 54.4 Å². The number of nitrogens with zero attached hydrogens (tertiary/aromatic N) is 3. The van der Waals surface area contributed by atoms with Gasteiger partial charge in [0.1, 0.15) is 0 Å². The Kier molecular flexibility index (Phi) is 6.28. The smallest absolute Gasteiger partial charge is 0.229 e. The fourth-order valence-electron chi connectivity index (χ4n) is 4.49. The number of piperazine rings is 1. The molecule has 1 unspecified atom stereocenters. The Morgan fingerprint density at radius 1 is 1.03 bits per heavy atom. The monoisotopic (exact) mass is 420 g/mol. The van der Waals surface area contributed by atoms with E-state index in [0.29, 0.717) is 6.54 Å². The average molecular weight is 421 g/mol. The molecule has 0 saturated carbocycles. The fourth-order valence-corrected chi connectivity index (χ4v) is 4.49. The molecular weight excluding hydrogens is 388 g/mol. The Bertz CT molecular complexity index is 948. The normalized spacial score (nSPS) is 19.7. The molecular formula is C25H32N4O2. The van der Waals surface area contributed by atoms with E-state index < -0.39 is 0 Å². The molecule has 2 aromatic carbocycles. The summed E-state index contributed by atoms with van der Waals surface area (Å²) in [5, 5.41) is 3.03. The summed E-state index contributed by atoms with van der Waals surface area (Å²) in [6.45, 7) is 12.1. The van der Waals surface area contributed by atoms with Crippen molar-refractivity contribution in [2.45, 2.75) is 27.2 Å². The number of amides is 2. The van der Waals surface area contributed by atoms with Crippen LogP contribution in [-0.2, 0) is 9.59 Å². The van der Waals surface area contributed by atoms with E-state index in [9.17, 15) is 9.59 Å². The van der Waals surface area contributed by atoms with Gasteiger partial charge in [-0.05, 0) is 56.3 Å². The van der Waals surface area contributed by atoms with Crippen molar-refractivity contribution in [3.63, 3.8) is 0 Å². The van der Waals surface area contributed by atoms with E-state index >= 15 is 0 Å². The van der Waals surface area contributed by atoms with Crippen molar-refractivity contribution in [1.82, 2.24) is 4.90 Å². The lowest BCUT2D eigenvalue weighted by Gasteiger charge is -2.36. The van der Waals surface area contributed by atoms with Crippen LogP contribution in [0.15, 0.2) is 42.5 Å². The second kappa shape index (κ2) is 9.10. The van der Waals surface area contributed by atoms with E-state index in [1.54, 1.807) is 4.90 Å². The van der Waals surface area contributed by atoms with Gasteiger partial charge in [-0.2, -0.15) is 0 Å². The fraction of sp³-hybridized carbons (Fsp3) is 0.440. The van der Waals surface area contributed by atoms with Gasteiger partial charge in [0, 0.05) is 56.2 Å². The summed E-state index contributed by atoms with van der Waals surface area (Å²) in [7, 11) is 0. The summed E-state index contributed by atoms with van der Waals surface area (Å²) >= 11 is 0. The molecule has 1 N–H and O–H groups in total. The molecule has 0 aliphatic carbocycles. The maximum atomic E-state index is 12.9. The number of hydrogen-bond acceptors (Lipinski definition) is 4. The molecule has 0 bridgehead atoms. The summed E-state index contributed by atoms with van der Waals surface area (Å²) in [4.78, 5) is 31.9. The van der Waals surface area contributed by atoms with Crippen LogP contribution in [0.4, 0.5) is 17.1 Å². The molecule has 0 spiro atoms. The number of carbonyl (C=O) groups excluding carboxylic acids is 2. The minimum atomic E-state index is -0.337. The SMILES string of the molecule is CCN1CCN(c2ccc(NC(=O)C3CC(=O)N(c4ccc(C)cc4)C3)cc2C)CC1. The van der Waals surface area contributed by atoms with Crippen molar-refractivity contribution in [2.24, 2.45) is 5.92 Å². The Balaban J connectivity index is 1.38. The third-order valence-corrected chi connectivity index (χ3v) is 6.47. The summed E-state index contributed by atoms with van der Waals surface area (Å²) < 4.78 is 0. The number of nitrogens with one attached hydrogen (secondary N) is 1. The highest BCUT2D eigenvalue weighted by Crippen LogP contribution is 2.28. The Morgan fingerprint density at radius 2 is 1.74 bits per heavy atom. The van der Waals surface area contributed by atoms with Gasteiger partial charge in [0.05, 0.1) is 5.92 Å². The number of hydrogen-bond donors (Lipinski definition) is 1. The Morgan fingerprint density at radius 3 is 2.39 bits per heavy atom. The zero-order chi connectivity index (χ0) is 22.0. The molecule has 2 aliphatic rings. The molecule has 2 heterocycles. The summed E-state index contributed by atoms with van der Waals surface area (Å²) in [5.41, 5.74) is 5.19. The molecule has 0 aromatic heterocycles. The van der Waals surface area contributed by atoms with E-state index in [1.807, 2.05) is 43.3 Å². The number of rotatable bonds is 5. The molecule has 2 fully saturated rings. The third-order valence-electron chi connectivity index (χ3n) is 6.47. The molecule has 6 heteroatoms. The second-order valence-electron chi connectivity index (χ2n) is 8.65. The standard InChI is InChI=1S/C25H32N4O2/c1-4-27-11-13-28(14-12-27)23-10-7-21(15-19(23)3)26-25(31)20-16-24(30)29(17-20)22-8-5-18(2)6-9-22/h5-10,15,20H,4,11-14,16-17H2,1-3H3,(H,26,31). The van der Waals surface area contributed by atoms with Crippen LogP contribution < -0.4 is 15.1 Å². The van der Waals surface area contributed by atoms with Gasteiger partial charge in [-0.1, -0.05) is 24.6 Å². The maximum Gasteiger partial charge on any atom is 0.229 e. The van der Waals surface area contributed by atoms with Gasteiger partial charge < -0.3 is 20.0 Å². The van der Waals surface area contributed by atoms with E-state index in [-0.39, 0.29) is 24.2 Å². The molecule has 164 valence electrons. The number of likely N-dealkylation sites (N-methyl/N-ethyl adjacent to an activating group) is 1. The zero-order valence-electron chi connectivity index (χ0n) is 18.7. The average Bonchev–Trinajstić information content (AvgIpc) is 3.16. The van der Waals surface area contributed by atoms with Crippen LogP contribution in [0.3, 0.4) is 0 Å². The molecule has 1 atom stereocenters. The highest BCUT2D eigenvalue weighted by molar-refractivity contribution is 6.03. The van der Waals surface area contributed by atoms with Gasteiger partial charge in [0.15, 0.2) is 0 Å². The summed E-state index contributed by atoms with van der Waals surface area (Å²) in [5.74, 6) is -0.427. The first-order valence-corrected chi connectivity index (χ1v) is 11.2.